The van der Waals surface area contributed by atoms with E-state index in [1.807, 2.05) is 12.1 Å². The third-order valence-corrected chi connectivity index (χ3v) is 5.36. The summed E-state index contributed by atoms with van der Waals surface area (Å²) >= 11 is 0. The number of hydrogen-bond donors (Lipinski definition) is 2. The van der Waals surface area contributed by atoms with Crippen LogP contribution in [0.25, 0.3) is 0 Å². The van der Waals surface area contributed by atoms with Gasteiger partial charge in [0.15, 0.2) is 0 Å². The molecule has 3 N–H and O–H groups in total. The normalized spacial score (nSPS) is 25.6. The van der Waals surface area contributed by atoms with Gasteiger partial charge in [0.25, 0.3) is 5.91 Å². The highest BCUT2D eigenvalue weighted by Gasteiger charge is 2.25. The van der Waals surface area contributed by atoms with Gasteiger partial charge >= 0.3 is 0 Å². The molecule has 6 nitrogen and oxygen atoms in total. The van der Waals surface area contributed by atoms with Crippen molar-refractivity contribution in [1.82, 2.24) is 5.32 Å². The molecule has 142 valence electrons. The molecule has 1 heterocycles. The number of ether oxygens (including phenoxy) is 2. The van der Waals surface area contributed by atoms with E-state index >= 15 is 0 Å². The summed E-state index contributed by atoms with van der Waals surface area (Å²) in [5, 5.41) is 3.00. The number of amides is 2. The maximum atomic E-state index is 12.4. The summed E-state index contributed by atoms with van der Waals surface area (Å²) in [6.07, 6.45) is 5.76. The van der Waals surface area contributed by atoms with E-state index in [9.17, 15) is 9.59 Å². The van der Waals surface area contributed by atoms with Gasteiger partial charge in [-0.15, -0.1) is 0 Å². The molecule has 2 amide bonds. The Hall–Kier alpha value is -2.08. The van der Waals surface area contributed by atoms with Crippen LogP contribution in [0.5, 0.6) is 5.75 Å². The van der Waals surface area contributed by atoms with Gasteiger partial charge in [-0.25, -0.2) is 0 Å². The lowest BCUT2D eigenvalue weighted by Crippen LogP contribution is -2.33. The maximum absolute atomic E-state index is 12.4. The summed E-state index contributed by atoms with van der Waals surface area (Å²) in [6, 6.07) is 7.25. The van der Waals surface area contributed by atoms with Gasteiger partial charge in [0.05, 0.1) is 6.10 Å². The second-order valence-electron chi connectivity index (χ2n) is 7.30. The molecular formula is C20H28N2O4. The Bertz CT molecular complexity index is 620. The number of rotatable bonds is 7. The fourth-order valence-corrected chi connectivity index (χ4v) is 3.68. The van der Waals surface area contributed by atoms with Crippen LogP contribution in [-0.4, -0.2) is 37.7 Å². The van der Waals surface area contributed by atoms with Crippen molar-refractivity contribution >= 4 is 11.8 Å². The lowest BCUT2D eigenvalue weighted by Gasteiger charge is -2.26. The monoisotopic (exact) mass is 360 g/mol. The molecule has 1 aromatic rings. The number of carbonyl (C=O) groups is 2. The Labute approximate surface area is 154 Å². The van der Waals surface area contributed by atoms with Crippen molar-refractivity contribution in [3.05, 3.63) is 29.8 Å². The molecule has 2 fully saturated rings. The number of carbonyl (C=O) groups excluding carboxylic acids is 2. The zero-order valence-corrected chi connectivity index (χ0v) is 15.1. The van der Waals surface area contributed by atoms with Gasteiger partial charge in [-0.3, -0.25) is 9.59 Å². The van der Waals surface area contributed by atoms with Crippen molar-refractivity contribution in [2.75, 3.05) is 19.8 Å². The van der Waals surface area contributed by atoms with E-state index in [0.717, 1.165) is 45.1 Å². The smallest absolute Gasteiger partial charge is 0.251 e. The molecule has 2 aliphatic rings. The molecule has 26 heavy (non-hydrogen) atoms. The van der Waals surface area contributed by atoms with Gasteiger partial charge < -0.3 is 20.5 Å². The van der Waals surface area contributed by atoms with Crippen LogP contribution in [0, 0.1) is 11.8 Å². The van der Waals surface area contributed by atoms with Crippen LogP contribution in [0.4, 0.5) is 0 Å². The molecule has 0 unspecified atom stereocenters. The summed E-state index contributed by atoms with van der Waals surface area (Å²) in [4.78, 5) is 23.6. The van der Waals surface area contributed by atoms with E-state index in [-0.39, 0.29) is 23.8 Å². The van der Waals surface area contributed by atoms with Crippen LogP contribution in [0.2, 0.25) is 0 Å². The largest absolute Gasteiger partial charge is 0.491 e. The summed E-state index contributed by atoms with van der Waals surface area (Å²) in [5.41, 5.74) is 5.96. The van der Waals surface area contributed by atoms with E-state index in [1.54, 1.807) is 12.1 Å². The highest BCUT2D eigenvalue weighted by atomic mass is 16.5. The predicted octanol–water partition coefficient (Wildman–Crippen LogP) is 2.27. The molecule has 1 saturated heterocycles. The highest BCUT2D eigenvalue weighted by molar-refractivity contribution is 5.94. The van der Waals surface area contributed by atoms with Crippen LogP contribution in [-0.2, 0) is 9.53 Å². The third kappa shape index (κ3) is 5.21. The summed E-state index contributed by atoms with van der Waals surface area (Å²) in [6.45, 7) is 1.96. The molecule has 6 heteroatoms. The molecule has 0 spiro atoms. The van der Waals surface area contributed by atoms with Gasteiger partial charge in [0.2, 0.25) is 5.91 Å². The van der Waals surface area contributed by atoms with E-state index in [1.165, 1.54) is 0 Å². The first-order valence-corrected chi connectivity index (χ1v) is 9.54. The van der Waals surface area contributed by atoms with Crippen molar-refractivity contribution in [3.63, 3.8) is 0 Å². The minimum absolute atomic E-state index is 0.000344. The van der Waals surface area contributed by atoms with Crippen molar-refractivity contribution in [1.29, 1.82) is 0 Å². The zero-order valence-electron chi connectivity index (χ0n) is 15.1. The van der Waals surface area contributed by atoms with Crippen LogP contribution in [0.15, 0.2) is 24.3 Å². The fraction of sp³-hybridized carbons (Fsp3) is 0.600. The van der Waals surface area contributed by atoms with Crippen molar-refractivity contribution in [3.8, 4) is 5.75 Å². The molecule has 1 atom stereocenters. The van der Waals surface area contributed by atoms with Crippen LogP contribution < -0.4 is 15.8 Å². The SMILES string of the molecule is NC(=O)C1CCC(CNC(=O)c2cccc(OC[C@@H]3CCCO3)c2)CC1. The minimum Gasteiger partial charge on any atom is -0.491 e. The number of nitrogens with one attached hydrogen (secondary N) is 1. The second kappa shape index (κ2) is 9.03. The number of benzene rings is 1. The summed E-state index contributed by atoms with van der Waals surface area (Å²) in [5.74, 6) is 0.806. The fourth-order valence-electron chi connectivity index (χ4n) is 3.68. The Balaban J connectivity index is 1.44. The third-order valence-electron chi connectivity index (χ3n) is 5.36. The number of hydrogen-bond acceptors (Lipinski definition) is 4. The van der Waals surface area contributed by atoms with E-state index in [0.29, 0.717) is 30.4 Å². The molecular weight excluding hydrogens is 332 g/mol. The van der Waals surface area contributed by atoms with Crippen LogP contribution in [0.3, 0.4) is 0 Å². The second-order valence-corrected chi connectivity index (χ2v) is 7.30. The lowest BCUT2D eigenvalue weighted by atomic mass is 9.81. The first-order chi connectivity index (χ1) is 12.6. The molecule has 0 aromatic heterocycles. The van der Waals surface area contributed by atoms with Gasteiger partial charge in [0.1, 0.15) is 12.4 Å². The molecule has 1 aliphatic carbocycles. The Morgan fingerprint density at radius 3 is 2.69 bits per heavy atom. The Morgan fingerprint density at radius 2 is 2.00 bits per heavy atom. The quantitative estimate of drug-likeness (QED) is 0.780. The molecule has 1 aromatic carbocycles. The standard InChI is InChI=1S/C20H28N2O4/c21-19(23)15-8-6-14(7-9-15)12-22-20(24)16-3-1-4-17(11-16)26-13-18-5-2-10-25-18/h1,3-4,11,14-15,18H,2,5-10,12-13H2,(H2,21,23)(H,22,24)/t14?,15?,18-/m0/s1. The minimum atomic E-state index is -0.202. The first-order valence-electron chi connectivity index (χ1n) is 9.54. The number of primary amides is 1. The van der Waals surface area contributed by atoms with Gasteiger partial charge in [0, 0.05) is 24.6 Å². The first kappa shape index (κ1) is 18.7. The van der Waals surface area contributed by atoms with Crippen LogP contribution >= 0.6 is 0 Å². The molecule has 0 radical (unpaired) electrons. The molecule has 0 bridgehead atoms. The summed E-state index contributed by atoms with van der Waals surface area (Å²) < 4.78 is 11.3. The van der Waals surface area contributed by atoms with Crippen molar-refractivity contribution in [2.45, 2.75) is 44.6 Å². The summed E-state index contributed by atoms with van der Waals surface area (Å²) in [7, 11) is 0. The lowest BCUT2D eigenvalue weighted by molar-refractivity contribution is -0.122. The van der Waals surface area contributed by atoms with Crippen molar-refractivity contribution < 1.29 is 19.1 Å². The van der Waals surface area contributed by atoms with Crippen molar-refractivity contribution in [2.24, 2.45) is 17.6 Å². The van der Waals surface area contributed by atoms with E-state index in [4.69, 9.17) is 15.2 Å². The average Bonchev–Trinajstić information content (AvgIpc) is 3.18. The topological polar surface area (TPSA) is 90.7 Å². The molecule has 3 rings (SSSR count). The van der Waals surface area contributed by atoms with Gasteiger partial charge in [-0.2, -0.15) is 0 Å². The maximum Gasteiger partial charge on any atom is 0.251 e. The Kier molecular flexibility index (Phi) is 6.50. The van der Waals surface area contributed by atoms with Gasteiger partial charge in [-0.1, -0.05) is 6.07 Å². The van der Waals surface area contributed by atoms with E-state index in [2.05, 4.69) is 5.32 Å². The number of nitrogens with two attached hydrogens (primary N) is 1. The van der Waals surface area contributed by atoms with Crippen LogP contribution in [0.1, 0.15) is 48.9 Å². The zero-order chi connectivity index (χ0) is 18.4. The molecule has 1 saturated carbocycles. The van der Waals surface area contributed by atoms with Gasteiger partial charge in [-0.05, 0) is 62.6 Å². The molecule has 1 aliphatic heterocycles. The van der Waals surface area contributed by atoms with E-state index < -0.39 is 0 Å². The highest BCUT2D eigenvalue weighted by Crippen LogP contribution is 2.28. The Morgan fingerprint density at radius 1 is 1.19 bits per heavy atom. The predicted molar refractivity (Wildman–Crippen MR) is 97.9 cm³/mol. The average molecular weight is 360 g/mol.